The summed E-state index contributed by atoms with van der Waals surface area (Å²) in [7, 11) is 1.65. The smallest absolute Gasteiger partial charge is 0.256 e. The van der Waals surface area contributed by atoms with Gasteiger partial charge in [-0.15, -0.1) is 11.3 Å². The Balaban J connectivity index is 1.65. The summed E-state index contributed by atoms with van der Waals surface area (Å²) in [5.74, 6) is 1.57. The molecule has 0 saturated carbocycles. The summed E-state index contributed by atoms with van der Waals surface area (Å²) in [5, 5.41) is 7.65. The molecular weight excluding hydrogens is 400 g/mol. The van der Waals surface area contributed by atoms with Crippen LogP contribution in [0.3, 0.4) is 0 Å². The molecule has 2 aromatic rings. The van der Waals surface area contributed by atoms with Crippen LogP contribution in [-0.4, -0.2) is 13.0 Å². The monoisotopic (exact) mass is 420 g/mol. The van der Waals surface area contributed by atoms with E-state index in [0.29, 0.717) is 0 Å². The number of carbonyl (C=O) groups excluding carboxylic acids is 1. The Hall–Kier alpha value is -1.53. The number of halogens is 1. The average molecular weight is 421 g/mol. The van der Waals surface area contributed by atoms with Gasteiger partial charge in [0.1, 0.15) is 16.9 Å². The van der Waals surface area contributed by atoms with Gasteiger partial charge in [-0.3, -0.25) is 4.79 Å². The van der Waals surface area contributed by atoms with Gasteiger partial charge in [-0.25, -0.2) is 0 Å². The SMILES string of the molecule is CC[C@H]1CCc2c(sc3c2C(=O)N[C@@H](c2ccc(OC)c(Br)c2)N3)C1. The van der Waals surface area contributed by atoms with Crippen LogP contribution < -0.4 is 15.4 Å². The second-order valence-corrected chi connectivity index (χ2v) is 8.63. The summed E-state index contributed by atoms with van der Waals surface area (Å²) in [4.78, 5) is 14.2. The van der Waals surface area contributed by atoms with Gasteiger partial charge in [0.05, 0.1) is 17.1 Å². The van der Waals surface area contributed by atoms with Gasteiger partial charge < -0.3 is 15.4 Å². The largest absolute Gasteiger partial charge is 0.496 e. The summed E-state index contributed by atoms with van der Waals surface area (Å²) in [5.41, 5.74) is 3.15. The van der Waals surface area contributed by atoms with Gasteiger partial charge in [-0.1, -0.05) is 19.4 Å². The first-order valence-electron chi connectivity index (χ1n) is 8.66. The highest BCUT2D eigenvalue weighted by Gasteiger charge is 2.33. The number of anilines is 1. The van der Waals surface area contributed by atoms with Gasteiger partial charge >= 0.3 is 0 Å². The van der Waals surface area contributed by atoms with Gasteiger partial charge in [0.15, 0.2) is 0 Å². The number of hydrogen-bond donors (Lipinski definition) is 2. The van der Waals surface area contributed by atoms with E-state index in [1.807, 2.05) is 18.2 Å². The van der Waals surface area contributed by atoms with E-state index in [0.717, 1.165) is 45.1 Å². The lowest BCUT2D eigenvalue weighted by Gasteiger charge is -2.27. The third-order valence-corrected chi connectivity index (χ3v) is 7.04. The van der Waals surface area contributed by atoms with E-state index in [4.69, 9.17) is 4.74 Å². The highest BCUT2D eigenvalue weighted by Crippen LogP contribution is 2.43. The zero-order valence-corrected chi connectivity index (χ0v) is 16.7. The third kappa shape index (κ3) is 2.95. The van der Waals surface area contributed by atoms with Gasteiger partial charge in [-0.05, 0) is 64.4 Å². The molecule has 0 fully saturated rings. The lowest BCUT2D eigenvalue weighted by Crippen LogP contribution is -2.38. The number of fused-ring (bicyclic) bond motifs is 3. The van der Waals surface area contributed by atoms with Gasteiger partial charge in [-0.2, -0.15) is 0 Å². The van der Waals surface area contributed by atoms with Crippen LogP contribution in [0, 0.1) is 5.92 Å². The van der Waals surface area contributed by atoms with Crippen molar-refractivity contribution in [2.75, 3.05) is 12.4 Å². The van der Waals surface area contributed by atoms with Crippen molar-refractivity contribution in [3.63, 3.8) is 0 Å². The molecule has 1 aromatic heterocycles. The average Bonchev–Trinajstić information content (AvgIpc) is 2.99. The summed E-state index contributed by atoms with van der Waals surface area (Å²) < 4.78 is 6.17. The van der Waals surface area contributed by atoms with Crippen LogP contribution in [0.25, 0.3) is 0 Å². The Kier molecular flexibility index (Phi) is 4.50. The van der Waals surface area contributed by atoms with Crippen molar-refractivity contribution in [1.82, 2.24) is 5.32 Å². The summed E-state index contributed by atoms with van der Waals surface area (Å²) in [6.07, 6.45) is 4.31. The number of amides is 1. The molecule has 0 unspecified atom stereocenters. The minimum atomic E-state index is -0.218. The number of nitrogens with one attached hydrogen (secondary N) is 2. The van der Waals surface area contributed by atoms with E-state index in [1.165, 1.54) is 23.3 Å². The van der Waals surface area contributed by atoms with Crippen LogP contribution in [0.4, 0.5) is 5.00 Å². The van der Waals surface area contributed by atoms with Crippen LogP contribution >= 0.6 is 27.3 Å². The fourth-order valence-corrected chi connectivity index (χ4v) is 5.69. The van der Waals surface area contributed by atoms with Crippen molar-refractivity contribution in [1.29, 1.82) is 0 Å². The van der Waals surface area contributed by atoms with Crippen LogP contribution in [0.5, 0.6) is 5.75 Å². The number of benzene rings is 1. The van der Waals surface area contributed by atoms with Crippen molar-refractivity contribution in [3.8, 4) is 5.75 Å². The molecule has 2 heterocycles. The van der Waals surface area contributed by atoms with Crippen molar-refractivity contribution in [3.05, 3.63) is 44.2 Å². The lowest BCUT2D eigenvalue weighted by atomic mass is 9.85. The van der Waals surface area contributed by atoms with E-state index in [1.54, 1.807) is 18.4 Å². The lowest BCUT2D eigenvalue weighted by molar-refractivity contribution is 0.0935. The maximum absolute atomic E-state index is 12.8. The molecule has 2 atom stereocenters. The first kappa shape index (κ1) is 16.9. The summed E-state index contributed by atoms with van der Waals surface area (Å²) in [6.45, 7) is 2.26. The molecule has 1 aliphatic heterocycles. The zero-order valence-electron chi connectivity index (χ0n) is 14.3. The Morgan fingerprint density at radius 3 is 2.92 bits per heavy atom. The molecule has 1 aromatic carbocycles. The molecular formula is C19H21BrN2O2S. The quantitative estimate of drug-likeness (QED) is 0.742. The predicted molar refractivity (Wildman–Crippen MR) is 105 cm³/mol. The number of carbonyl (C=O) groups is 1. The van der Waals surface area contributed by atoms with Crippen molar-refractivity contribution >= 4 is 38.2 Å². The Bertz CT molecular complexity index is 833. The standard InChI is InChI=1S/C19H21BrN2O2S/c1-3-10-4-6-12-15(8-10)25-19-16(12)18(23)21-17(22-19)11-5-7-14(24-2)13(20)9-11/h5,7,9-10,17,22H,3-4,6,8H2,1-2H3,(H,21,23)/t10-,17+/m0/s1. The Morgan fingerprint density at radius 1 is 1.36 bits per heavy atom. The van der Waals surface area contributed by atoms with Crippen LogP contribution in [0.15, 0.2) is 22.7 Å². The molecule has 6 heteroatoms. The minimum Gasteiger partial charge on any atom is -0.496 e. The Labute approximate surface area is 160 Å². The molecule has 0 saturated heterocycles. The van der Waals surface area contributed by atoms with Crippen molar-refractivity contribution in [2.24, 2.45) is 5.92 Å². The molecule has 2 aliphatic rings. The number of thiophene rings is 1. The van der Waals surface area contributed by atoms with Gasteiger partial charge in [0, 0.05) is 4.88 Å². The molecule has 1 aliphatic carbocycles. The highest BCUT2D eigenvalue weighted by atomic mass is 79.9. The molecule has 2 N–H and O–H groups in total. The molecule has 4 nitrogen and oxygen atoms in total. The maximum atomic E-state index is 12.8. The molecule has 0 radical (unpaired) electrons. The molecule has 132 valence electrons. The topological polar surface area (TPSA) is 50.4 Å². The molecule has 25 heavy (non-hydrogen) atoms. The van der Waals surface area contributed by atoms with E-state index >= 15 is 0 Å². The molecule has 0 bridgehead atoms. The number of methoxy groups -OCH3 is 1. The number of ether oxygens (including phenoxy) is 1. The fraction of sp³-hybridized carbons (Fsp3) is 0.421. The van der Waals surface area contributed by atoms with E-state index in [-0.39, 0.29) is 12.1 Å². The van der Waals surface area contributed by atoms with Crippen molar-refractivity contribution < 1.29 is 9.53 Å². The molecule has 0 spiro atoms. The first-order valence-corrected chi connectivity index (χ1v) is 10.3. The first-order chi connectivity index (χ1) is 12.1. The van der Waals surface area contributed by atoms with E-state index in [2.05, 4.69) is 33.5 Å². The molecule has 1 amide bonds. The molecule has 4 rings (SSSR count). The highest BCUT2D eigenvalue weighted by molar-refractivity contribution is 9.10. The van der Waals surface area contributed by atoms with E-state index < -0.39 is 0 Å². The van der Waals surface area contributed by atoms with Crippen LogP contribution in [-0.2, 0) is 12.8 Å². The number of hydrogen-bond acceptors (Lipinski definition) is 4. The van der Waals surface area contributed by atoms with Gasteiger partial charge in [0.2, 0.25) is 0 Å². The fourth-order valence-electron chi connectivity index (χ4n) is 3.74. The third-order valence-electron chi connectivity index (χ3n) is 5.23. The van der Waals surface area contributed by atoms with Crippen LogP contribution in [0.1, 0.15) is 52.3 Å². The van der Waals surface area contributed by atoms with Crippen molar-refractivity contribution in [2.45, 2.75) is 38.8 Å². The second-order valence-electron chi connectivity index (χ2n) is 6.67. The summed E-state index contributed by atoms with van der Waals surface area (Å²) in [6, 6.07) is 5.88. The van der Waals surface area contributed by atoms with Gasteiger partial charge in [0.25, 0.3) is 5.91 Å². The maximum Gasteiger partial charge on any atom is 0.256 e. The van der Waals surface area contributed by atoms with E-state index in [9.17, 15) is 4.79 Å². The summed E-state index contributed by atoms with van der Waals surface area (Å²) >= 11 is 5.28. The zero-order chi connectivity index (χ0) is 17.6. The second kappa shape index (κ2) is 6.65. The normalized spacial score (nSPS) is 21.8. The number of rotatable bonds is 3. The minimum absolute atomic E-state index is 0.0399. The Morgan fingerprint density at radius 2 is 2.20 bits per heavy atom. The predicted octanol–water partition coefficient (Wildman–Crippen LogP) is 4.89. The van der Waals surface area contributed by atoms with Crippen LogP contribution in [0.2, 0.25) is 0 Å².